The lowest BCUT2D eigenvalue weighted by atomic mass is 9.62. The van der Waals surface area contributed by atoms with Crippen LogP contribution in [-0.2, 0) is 19.1 Å². The molecular formula is C30H40ClN3O5. The fourth-order valence-electron chi connectivity index (χ4n) is 7.03. The number of nitrogens with zero attached hydrogens (tertiary/aromatic N) is 3. The Labute approximate surface area is 236 Å². The normalized spacial score (nSPS) is 31.6. The van der Waals surface area contributed by atoms with E-state index in [1.54, 1.807) is 53.1 Å². The second-order valence-corrected chi connectivity index (χ2v) is 11.7. The summed E-state index contributed by atoms with van der Waals surface area (Å²) in [6.07, 6.45) is 4.52. The molecule has 4 rings (SSSR count). The fraction of sp³-hybridized carbons (Fsp3) is 0.567. The van der Waals surface area contributed by atoms with Crippen LogP contribution < -0.4 is 4.90 Å². The first kappa shape index (κ1) is 29.3. The summed E-state index contributed by atoms with van der Waals surface area (Å²) >= 11 is 6.11. The minimum Gasteiger partial charge on any atom is -0.394 e. The van der Waals surface area contributed by atoms with Gasteiger partial charge in [0.15, 0.2) is 0 Å². The Balaban J connectivity index is 1.85. The van der Waals surface area contributed by atoms with Crippen molar-refractivity contribution in [1.29, 1.82) is 0 Å². The molecule has 0 aliphatic carbocycles. The zero-order valence-corrected chi connectivity index (χ0v) is 24.1. The Bertz CT molecular complexity index is 1140. The lowest BCUT2D eigenvalue weighted by molar-refractivity contribution is -0.153. The van der Waals surface area contributed by atoms with Crippen molar-refractivity contribution >= 4 is 35.0 Å². The molecule has 3 aliphatic rings. The van der Waals surface area contributed by atoms with Crippen LogP contribution in [-0.4, -0.2) is 82.2 Å². The van der Waals surface area contributed by atoms with Crippen LogP contribution in [0, 0.1) is 17.8 Å². The maximum atomic E-state index is 14.5. The van der Waals surface area contributed by atoms with Gasteiger partial charge in [0.2, 0.25) is 11.8 Å². The number of aliphatic hydroxyl groups is 1. The summed E-state index contributed by atoms with van der Waals surface area (Å²) in [6.45, 7) is 16.0. The first-order valence-electron chi connectivity index (χ1n) is 13.7. The van der Waals surface area contributed by atoms with Gasteiger partial charge >= 0.3 is 0 Å². The van der Waals surface area contributed by atoms with E-state index in [1.165, 1.54) is 4.90 Å². The van der Waals surface area contributed by atoms with Crippen molar-refractivity contribution in [1.82, 2.24) is 9.80 Å². The van der Waals surface area contributed by atoms with Crippen LogP contribution in [0.2, 0.25) is 5.02 Å². The number of likely N-dealkylation sites (tertiary alicyclic amines) is 1. The quantitative estimate of drug-likeness (QED) is 0.419. The number of rotatable bonds is 11. The standard InChI is InChI=1S/C30H40ClN3O5/c1-7-14-32(15-8-2)26(36)23-24-27(37)34(20(5)18-35)25(30(24)17-19(4)29(23,6)39-30)28(38)33(16-9-3)22-12-10-21(31)11-13-22/h7,9-13,19-20,23-25,35H,1,3,8,14-18H2,2,4-6H3/t19?,20-,23+,24+,25?,29-,30?/m1/s1. The highest BCUT2D eigenvalue weighted by atomic mass is 35.5. The third-order valence-corrected chi connectivity index (χ3v) is 9.11. The summed E-state index contributed by atoms with van der Waals surface area (Å²) in [5.41, 5.74) is -1.52. The van der Waals surface area contributed by atoms with Crippen molar-refractivity contribution in [2.45, 2.75) is 63.8 Å². The largest absolute Gasteiger partial charge is 0.394 e. The number of carbonyl (C=O) groups excluding carboxylic acids is 3. The van der Waals surface area contributed by atoms with Gasteiger partial charge in [-0.25, -0.2) is 0 Å². The number of hydrogen-bond acceptors (Lipinski definition) is 5. The molecule has 1 aromatic rings. The smallest absolute Gasteiger partial charge is 0.253 e. The molecule has 2 bridgehead atoms. The summed E-state index contributed by atoms with van der Waals surface area (Å²) < 4.78 is 6.82. The van der Waals surface area contributed by atoms with Crippen LogP contribution in [0.4, 0.5) is 5.69 Å². The molecular weight excluding hydrogens is 518 g/mol. The number of anilines is 1. The van der Waals surface area contributed by atoms with Gasteiger partial charge in [-0.1, -0.05) is 37.6 Å². The van der Waals surface area contributed by atoms with Gasteiger partial charge in [0.25, 0.3) is 5.91 Å². The molecule has 7 atom stereocenters. The Morgan fingerprint density at radius 2 is 1.87 bits per heavy atom. The Kier molecular flexibility index (Phi) is 8.31. The number of hydrogen-bond donors (Lipinski definition) is 1. The molecule has 39 heavy (non-hydrogen) atoms. The highest BCUT2D eigenvalue weighted by Crippen LogP contribution is 2.65. The molecule has 3 saturated heterocycles. The first-order chi connectivity index (χ1) is 18.5. The molecule has 3 amide bonds. The highest BCUT2D eigenvalue weighted by Gasteiger charge is 2.80. The molecule has 212 valence electrons. The van der Waals surface area contributed by atoms with Crippen LogP contribution >= 0.6 is 11.6 Å². The summed E-state index contributed by atoms with van der Waals surface area (Å²) in [6, 6.07) is 5.23. The zero-order chi connectivity index (χ0) is 28.7. The molecule has 1 aromatic carbocycles. The van der Waals surface area contributed by atoms with Crippen molar-refractivity contribution in [3.05, 3.63) is 54.6 Å². The molecule has 8 nitrogen and oxygen atoms in total. The van der Waals surface area contributed by atoms with Gasteiger partial charge in [0.05, 0.1) is 30.1 Å². The number of amides is 3. The van der Waals surface area contributed by atoms with Gasteiger partial charge in [-0.3, -0.25) is 14.4 Å². The number of aliphatic hydroxyl groups excluding tert-OH is 1. The SMILES string of the molecule is C=CCN(CCC)C(=O)[C@@H]1[C@H]2C(=O)N([C@H](C)CO)C(C(=O)N(CC=C)c3ccc(Cl)cc3)C23CC(C)[C@@]1(C)O3. The van der Waals surface area contributed by atoms with Gasteiger partial charge in [0.1, 0.15) is 11.6 Å². The summed E-state index contributed by atoms with van der Waals surface area (Å²) in [7, 11) is 0. The third kappa shape index (κ3) is 4.50. The van der Waals surface area contributed by atoms with E-state index in [0.717, 1.165) is 6.42 Å². The van der Waals surface area contributed by atoms with E-state index < -0.39 is 35.1 Å². The van der Waals surface area contributed by atoms with Crippen LogP contribution in [0.5, 0.6) is 0 Å². The van der Waals surface area contributed by atoms with Crippen molar-refractivity contribution < 1.29 is 24.2 Å². The molecule has 3 unspecified atom stereocenters. The van der Waals surface area contributed by atoms with Gasteiger partial charge in [-0.2, -0.15) is 0 Å². The Morgan fingerprint density at radius 3 is 2.44 bits per heavy atom. The minimum atomic E-state index is -1.20. The minimum absolute atomic E-state index is 0.0780. The van der Waals surface area contributed by atoms with E-state index in [9.17, 15) is 19.5 Å². The second-order valence-electron chi connectivity index (χ2n) is 11.3. The molecule has 1 N–H and O–H groups in total. The predicted molar refractivity (Wildman–Crippen MR) is 151 cm³/mol. The number of halogens is 1. The zero-order valence-electron chi connectivity index (χ0n) is 23.3. The lowest BCUT2D eigenvalue weighted by Gasteiger charge is -2.39. The molecule has 0 aromatic heterocycles. The van der Waals surface area contributed by atoms with E-state index in [2.05, 4.69) is 13.2 Å². The summed E-state index contributed by atoms with van der Waals surface area (Å²) in [5.74, 6) is -2.49. The van der Waals surface area contributed by atoms with E-state index in [-0.39, 0.29) is 36.8 Å². The molecule has 0 radical (unpaired) electrons. The monoisotopic (exact) mass is 557 g/mol. The van der Waals surface area contributed by atoms with E-state index in [4.69, 9.17) is 16.3 Å². The topological polar surface area (TPSA) is 90.4 Å². The van der Waals surface area contributed by atoms with Crippen molar-refractivity contribution in [2.75, 3.05) is 31.1 Å². The average molecular weight is 558 g/mol. The van der Waals surface area contributed by atoms with Crippen LogP contribution in [0.25, 0.3) is 0 Å². The maximum absolute atomic E-state index is 14.5. The van der Waals surface area contributed by atoms with Gasteiger partial charge in [0, 0.05) is 30.3 Å². The van der Waals surface area contributed by atoms with Crippen molar-refractivity contribution in [3.63, 3.8) is 0 Å². The van der Waals surface area contributed by atoms with E-state index >= 15 is 0 Å². The van der Waals surface area contributed by atoms with Gasteiger partial charge in [-0.15, -0.1) is 13.2 Å². The number of benzene rings is 1. The van der Waals surface area contributed by atoms with E-state index in [0.29, 0.717) is 30.2 Å². The Hall–Kier alpha value is -2.68. The maximum Gasteiger partial charge on any atom is 0.253 e. The average Bonchev–Trinajstić information content (AvgIpc) is 3.43. The molecule has 0 saturated carbocycles. The second kappa shape index (κ2) is 11.1. The van der Waals surface area contributed by atoms with Crippen LogP contribution in [0.15, 0.2) is 49.6 Å². The molecule has 1 spiro atoms. The summed E-state index contributed by atoms with van der Waals surface area (Å²) in [5, 5.41) is 10.7. The fourth-order valence-corrected chi connectivity index (χ4v) is 7.15. The molecule has 3 aliphatic heterocycles. The lowest BCUT2D eigenvalue weighted by Crippen LogP contribution is -2.58. The van der Waals surface area contributed by atoms with E-state index in [1.807, 2.05) is 20.8 Å². The summed E-state index contributed by atoms with van der Waals surface area (Å²) in [4.78, 5) is 47.7. The number of ether oxygens (including phenoxy) is 1. The van der Waals surface area contributed by atoms with Gasteiger partial charge < -0.3 is 24.5 Å². The molecule has 3 fully saturated rings. The van der Waals surface area contributed by atoms with Gasteiger partial charge in [-0.05, 0) is 56.9 Å². The number of carbonyl (C=O) groups is 3. The molecule has 9 heteroatoms. The number of fused-ring (bicyclic) bond motifs is 1. The first-order valence-corrected chi connectivity index (χ1v) is 14.1. The van der Waals surface area contributed by atoms with Crippen LogP contribution in [0.3, 0.4) is 0 Å². The molecule has 3 heterocycles. The third-order valence-electron chi connectivity index (χ3n) is 8.86. The Morgan fingerprint density at radius 1 is 1.23 bits per heavy atom. The van der Waals surface area contributed by atoms with Crippen molar-refractivity contribution in [3.8, 4) is 0 Å². The highest BCUT2D eigenvalue weighted by molar-refractivity contribution is 6.30. The predicted octanol–water partition coefficient (Wildman–Crippen LogP) is 3.68. The van der Waals surface area contributed by atoms with Crippen LogP contribution in [0.1, 0.15) is 40.5 Å². The van der Waals surface area contributed by atoms with Crippen molar-refractivity contribution in [2.24, 2.45) is 17.8 Å².